The van der Waals surface area contributed by atoms with Crippen molar-refractivity contribution < 1.29 is 4.74 Å². The first-order valence-corrected chi connectivity index (χ1v) is 8.52. The molecule has 2 nitrogen and oxygen atoms in total. The van der Waals surface area contributed by atoms with E-state index in [0.717, 1.165) is 12.3 Å². The van der Waals surface area contributed by atoms with Crippen LogP contribution < -0.4 is 10.1 Å². The quantitative estimate of drug-likeness (QED) is 0.892. The molecular weight excluding hydrogens is 258 g/mol. The number of methoxy groups -OCH3 is 1. The Morgan fingerprint density at radius 1 is 1.05 bits per heavy atom. The third-order valence-corrected chi connectivity index (χ3v) is 5.78. The number of hydrogen-bond acceptors (Lipinski definition) is 2. The Balaban J connectivity index is 1.86. The molecule has 0 aromatic heterocycles. The summed E-state index contributed by atoms with van der Waals surface area (Å²) in [7, 11) is 3.88. The molecule has 0 unspecified atom stereocenters. The van der Waals surface area contributed by atoms with Gasteiger partial charge in [0.1, 0.15) is 5.75 Å². The van der Waals surface area contributed by atoms with E-state index >= 15 is 0 Å². The standard InChI is InChI=1S/C19H29NO/c1-20-15-19(16-9-5-6-10-17(16)21-2)13-18(14-19)11-7-3-4-8-12-18/h5-6,9-10,20H,3-4,7-8,11-15H2,1-2H3. The van der Waals surface area contributed by atoms with Gasteiger partial charge in [-0.2, -0.15) is 0 Å². The van der Waals surface area contributed by atoms with Crippen LogP contribution in [0.15, 0.2) is 24.3 Å². The van der Waals surface area contributed by atoms with E-state index in [1.807, 2.05) is 0 Å². The predicted octanol–water partition coefficient (Wildman–Crippen LogP) is 4.29. The molecule has 2 aliphatic carbocycles. The first-order chi connectivity index (χ1) is 10.2. The lowest BCUT2D eigenvalue weighted by molar-refractivity contribution is 0.00594. The molecule has 2 fully saturated rings. The van der Waals surface area contributed by atoms with E-state index in [1.54, 1.807) is 7.11 Å². The first-order valence-electron chi connectivity index (χ1n) is 8.52. The van der Waals surface area contributed by atoms with Gasteiger partial charge in [-0.1, -0.05) is 43.9 Å². The Morgan fingerprint density at radius 3 is 2.33 bits per heavy atom. The smallest absolute Gasteiger partial charge is 0.122 e. The van der Waals surface area contributed by atoms with Gasteiger partial charge in [0.2, 0.25) is 0 Å². The molecule has 0 bridgehead atoms. The number of rotatable bonds is 4. The van der Waals surface area contributed by atoms with Gasteiger partial charge < -0.3 is 10.1 Å². The highest BCUT2D eigenvalue weighted by molar-refractivity contribution is 5.43. The number of benzene rings is 1. The monoisotopic (exact) mass is 287 g/mol. The van der Waals surface area contributed by atoms with E-state index in [2.05, 4.69) is 36.6 Å². The molecule has 0 atom stereocenters. The van der Waals surface area contributed by atoms with Crippen molar-refractivity contribution in [3.05, 3.63) is 29.8 Å². The molecule has 2 heteroatoms. The first kappa shape index (κ1) is 14.9. The summed E-state index contributed by atoms with van der Waals surface area (Å²) in [5.41, 5.74) is 2.32. The molecular formula is C19H29NO. The molecule has 1 spiro atoms. The topological polar surface area (TPSA) is 21.3 Å². The third-order valence-electron chi connectivity index (χ3n) is 5.78. The molecule has 0 saturated heterocycles. The lowest BCUT2D eigenvalue weighted by Gasteiger charge is -2.57. The summed E-state index contributed by atoms with van der Waals surface area (Å²) in [6, 6.07) is 8.63. The van der Waals surface area contributed by atoms with E-state index in [1.165, 1.54) is 56.9 Å². The van der Waals surface area contributed by atoms with Gasteiger partial charge in [0.15, 0.2) is 0 Å². The van der Waals surface area contributed by atoms with Crippen LogP contribution in [0.4, 0.5) is 0 Å². The van der Waals surface area contributed by atoms with Crippen LogP contribution in [0.1, 0.15) is 56.9 Å². The van der Waals surface area contributed by atoms with Gasteiger partial charge >= 0.3 is 0 Å². The fourth-order valence-corrected chi connectivity index (χ4v) is 5.05. The highest BCUT2D eigenvalue weighted by Crippen LogP contribution is 2.62. The lowest BCUT2D eigenvalue weighted by Crippen LogP contribution is -2.54. The van der Waals surface area contributed by atoms with Crippen molar-refractivity contribution in [2.75, 3.05) is 20.7 Å². The number of hydrogen-bond donors (Lipinski definition) is 1. The molecule has 0 aliphatic heterocycles. The van der Waals surface area contributed by atoms with Gasteiger partial charge in [0, 0.05) is 17.5 Å². The van der Waals surface area contributed by atoms with Gasteiger partial charge in [0.05, 0.1) is 7.11 Å². The zero-order valence-electron chi connectivity index (χ0n) is 13.6. The Hall–Kier alpha value is -1.02. The molecule has 3 rings (SSSR count). The van der Waals surface area contributed by atoms with Gasteiger partial charge in [-0.05, 0) is 44.2 Å². The summed E-state index contributed by atoms with van der Waals surface area (Å²) in [5.74, 6) is 1.07. The fraction of sp³-hybridized carbons (Fsp3) is 0.684. The summed E-state index contributed by atoms with van der Waals surface area (Å²) in [5, 5.41) is 3.44. The number of nitrogens with one attached hydrogen (secondary N) is 1. The summed E-state index contributed by atoms with van der Waals surface area (Å²) in [6.07, 6.45) is 11.3. The van der Waals surface area contributed by atoms with Crippen molar-refractivity contribution in [2.45, 2.75) is 56.8 Å². The van der Waals surface area contributed by atoms with Crippen LogP contribution in [0.5, 0.6) is 5.75 Å². The Kier molecular flexibility index (Phi) is 4.26. The van der Waals surface area contributed by atoms with E-state index in [-0.39, 0.29) is 5.41 Å². The van der Waals surface area contributed by atoms with E-state index < -0.39 is 0 Å². The molecule has 0 radical (unpaired) electrons. The van der Waals surface area contributed by atoms with Crippen molar-refractivity contribution in [1.29, 1.82) is 0 Å². The summed E-state index contributed by atoms with van der Waals surface area (Å²) < 4.78 is 5.65. The minimum absolute atomic E-state index is 0.283. The maximum Gasteiger partial charge on any atom is 0.122 e. The second-order valence-corrected chi connectivity index (χ2v) is 7.28. The number of para-hydroxylation sites is 1. The number of ether oxygens (including phenoxy) is 1. The van der Waals surface area contributed by atoms with E-state index in [9.17, 15) is 0 Å². The normalized spacial score (nSPS) is 23.3. The zero-order chi connectivity index (χ0) is 14.8. The summed E-state index contributed by atoms with van der Waals surface area (Å²) in [6.45, 7) is 1.06. The molecule has 0 heterocycles. The third kappa shape index (κ3) is 2.70. The largest absolute Gasteiger partial charge is 0.496 e. The van der Waals surface area contributed by atoms with Crippen molar-refractivity contribution in [3.63, 3.8) is 0 Å². The zero-order valence-corrected chi connectivity index (χ0v) is 13.6. The predicted molar refractivity (Wildman–Crippen MR) is 88.0 cm³/mol. The molecule has 1 aromatic rings. The fourth-order valence-electron chi connectivity index (χ4n) is 5.05. The Labute approximate surface area is 129 Å². The minimum Gasteiger partial charge on any atom is -0.496 e. The molecule has 116 valence electrons. The Bertz CT molecular complexity index is 466. The maximum atomic E-state index is 5.65. The van der Waals surface area contributed by atoms with Crippen molar-refractivity contribution >= 4 is 0 Å². The van der Waals surface area contributed by atoms with Crippen LogP contribution in [0, 0.1) is 5.41 Å². The van der Waals surface area contributed by atoms with Crippen LogP contribution in [0.3, 0.4) is 0 Å². The molecule has 21 heavy (non-hydrogen) atoms. The molecule has 2 saturated carbocycles. The average molecular weight is 287 g/mol. The van der Waals surface area contributed by atoms with Gasteiger partial charge in [-0.3, -0.25) is 0 Å². The van der Waals surface area contributed by atoms with Crippen molar-refractivity contribution in [3.8, 4) is 5.75 Å². The van der Waals surface area contributed by atoms with Gasteiger partial charge in [-0.25, -0.2) is 0 Å². The molecule has 0 amide bonds. The van der Waals surface area contributed by atoms with Crippen LogP contribution in [0.2, 0.25) is 0 Å². The molecule has 1 N–H and O–H groups in total. The van der Waals surface area contributed by atoms with Crippen LogP contribution in [0.25, 0.3) is 0 Å². The van der Waals surface area contributed by atoms with Crippen LogP contribution in [-0.2, 0) is 5.41 Å². The second kappa shape index (κ2) is 6.00. The second-order valence-electron chi connectivity index (χ2n) is 7.28. The molecule has 1 aromatic carbocycles. The lowest BCUT2D eigenvalue weighted by atomic mass is 9.48. The summed E-state index contributed by atoms with van der Waals surface area (Å²) >= 11 is 0. The SMILES string of the molecule is CNCC1(c2ccccc2OC)CC2(CCCCCC2)C1. The minimum atomic E-state index is 0.283. The highest BCUT2D eigenvalue weighted by Gasteiger charge is 2.54. The van der Waals surface area contributed by atoms with E-state index in [0.29, 0.717) is 5.41 Å². The van der Waals surface area contributed by atoms with Gasteiger partial charge in [-0.15, -0.1) is 0 Å². The van der Waals surface area contributed by atoms with Crippen molar-refractivity contribution in [2.24, 2.45) is 5.41 Å². The van der Waals surface area contributed by atoms with Gasteiger partial charge in [0.25, 0.3) is 0 Å². The van der Waals surface area contributed by atoms with E-state index in [4.69, 9.17) is 4.74 Å². The highest BCUT2D eigenvalue weighted by atomic mass is 16.5. The van der Waals surface area contributed by atoms with Crippen LogP contribution >= 0.6 is 0 Å². The maximum absolute atomic E-state index is 5.65. The number of likely N-dealkylation sites (N-methyl/N-ethyl adjacent to an activating group) is 1. The Morgan fingerprint density at radius 2 is 1.71 bits per heavy atom. The summed E-state index contributed by atoms with van der Waals surface area (Å²) in [4.78, 5) is 0. The molecule has 2 aliphatic rings. The van der Waals surface area contributed by atoms with Crippen molar-refractivity contribution in [1.82, 2.24) is 5.32 Å². The average Bonchev–Trinajstić information content (AvgIpc) is 2.72. The van der Waals surface area contributed by atoms with Crippen LogP contribution in [-0.4, -0.2) is 20.7 Å².